The van der Waals surface area contributed by atoms with Gasteiger partial charge in [0.2, 0.25) is 10.0 Å². The minimum absolute atomic E-state index is 0. The lowest BCUT2D eigenvalue weighted by molar-refractivity contribution is 0.0748. The molecule has 1 amide bonds. The number of nitrogens with two attached hydrogens (primary N) is 1. The Kier molecular flexibility index (Phi) is 8.04. The number of thiophene rings is 1. The number of nitrogens with one attached hydrogen (secondary N) is 1. The first kappa shape index (κ1) is 21.6. The average molecular weight is 404 g/mol. The summed E-state index contributed by atoms with van der Waals surface area (Å²) in [4.78, 5) is 14.9. The van der Waals surface area contributed by atoms with Gasteiger partial charge in [0.25, 0.3) is 5.91 Å². The number of sulfonamides is 1. The Morgan fingerprint density at radius 2 is 1.92 bits per heavy atom. The summed E-state index contributed by atoms with van der Waals surface area (Å²) < 4.78 is 27.1. The molecule has 3 N–H and O–H groups in total. The summed E-state index contributed by atoms with van der Waals surface area (Å²) >= 11 is 1.49. The Balaban J connectivity index is 0.00000312. The molecule has 6 nitrogen and oxygen atoms in total. The number of carbonyl (C=O) groups excluding carboxylic acids is 1. The van der Waals surface area contributed by atoms with E-state index in [0.717, 1.165) is 4.88 Å². The molecule has 0 saturated heterocycles. The van der Waals surface area contributed by atoms with Crippen molar-refractivity contribution >= 4 is 39.7 Å². The van der Waals surface area contributed by atoms with Gasteiger partial charge in [-0.25, -0.2) is 13.1 Å². The Bertz CT molecular complexity index is 777. The van der Waals surface area contributed by atoms with Crippen molar-refractivity contribution in [3.63, 3.8) is 0 Å². The van der Waals surface area contributed by atoms with Crippen LogP contribution in [0.2, 0.25) is 0 Å². The quantitative estimate of drug-likeness (QED) is 0.740. The molecule has 0 aliphatic heterocycles. The Morgan fingerprint density at radius 1 is 1.28 bits per heavy atom. The van der Waals surface area contributed by atoms with Gasteiger partial charge in [-0.15, -0.1) is 23.7 Å². The second-order valence-electron chi connectivity index (χ2n) is 5.43. The van der Waals surface area contributed by atoms with Crippen LogP contribution in [0.1, 0.15) is 22.2 Å². The van der Waals surface area contributed by atoms with Crippen LogP contribution in [-0.2, 0) is 16.6 Å². The molecule has 25 heavy (non-hydrogen) atoms. The van der Waals surface area contributed by atoms with E-state index < -0.39 is 10.0 Å². The van der Waals surface area contributed by atoms with Gasteiger partial charge in [-0.05, 0) is 42.6 Å². The van der Waals surface area contributed by atoms with Crippen molar-refractivity contribution in [2.75, 3.05) is 13.6 Å². The molecule has 138 valence electrons. The van der Waals surface area contributed by atoms with E-state index in [9.17, 15) is 13.2 Å². The van der Waals surface area contributed by atoms with Gasteiger partial charge in [-0.2, -0.15) is 0 Å². The number of benzene rings is 1. The van der Waals surface area contributed by atoms with E-state index in [1.807, 2.05) is 24.4 Å². The zero-order chi connectivity index (χ0) is 17.7. The third-order valence-electron chi connectivity index (χ3n) is 3.75. The van der Waals surface area contributed by atoms with Crippen molar-refractivity contribution in [2.24, 2.45) is 5.73 Å². The number of likely N-dealkylation sites (N-methyl/N-ethyl adjacent to an activating group) is 1. The van der Waals surface area contributed by atoms with Crippen LogP contribution in [0.5, 0.6) is 0 Å². The van der Waals surface area contributed by atoms with Gasteiger partial charge in [0.15, 0.2) is 0 Å². The van der Waals surface area contributed by atoms with E-state index in [1.165, 1.54) is 35.6 Å². The molecule has 0 aliphatic carbocycles. The normalized spacial score (nSPS) is 12.3. The first-order valence-corrected chi connectivity index (χ1v) is 9.81. The molecule has 1 heterocycles. The zero-order valence-corrected chi connectivity index (χ0v) is 16.5. The maximum Gasteiger partial charge on any atom is 0.253 e. The van der Waals surface area contributed by atoms with Crippen LogP contribution in [0.3, 0.4) is 0 Å². The minimum atomic E-state index is -3.61. The summed E-state index contributed by atoms with van der Waals surface area (Å²) in [6.07, 6.45) is 0. The van der Waals surface area contributed by atoms with Gasteiger partial charge in [0, 0.05) is 36.6 Å². The highest BCUT2D eigenvalue weighted by atomic mass is 35.5. The van der Waals surface area contributed by atoms with Crippen molar-refractivity contribution in [1.82, 2.24) is 9.62 Å². The number of hydrogen-bond donors (Lipinski definition) is 2. The third-order valence-corrected chi connectivity index (χ3v) is 6.04. The number of halogens is 1. The zero-order valence-electron chi connectivity index (χ0n) is 14.0. The molecule has 0 spiro atoms. The van der Waals surface area contributed by atoms with Gasteiger partial charge in [-0.1, -0.05) is 6.07 Å². The summed E-state index contributed by atoms with van der Waals surface area (Å²) in [7, 11) is -1.93. The van der Waals surface area contributed by atoms with Crippen LogP contribution < -0.4 is 10.5 Å². The van der Waals surface area contributed by atoms with Gasteiger partial charge in [-0.3, -0.25) is 4.79 Å². The summed E-state index contributed by atoms with van der Waals surface area (Å²) in [6.45, 7) is 2.46. The third kappa shape index (κ3) is 5.52. The lowest BCUT2D eigenvalue weighted by Gasteiger charge is -2.23. The SMILES string of the molecule is CC(CN)N(C)C(=O)c1ccc(S(=O)(=O)NCc2cccs2)cc1.Cl. The Morgan fingerprint density at radius 3 is 2.44 bits per heavy atom. The van der Waals surface area contributed by atoms with Gasteiger partial charge >= 0.3 is 0 Å². The monoisotopic (exact) mass is 403 g/mol. The van der Waals surface area contributed by atoms with Crippen LogP contribution in [0.4, 0.5) is 0 Å². The number of rotatable bonds is 7. The van der Waals surface area contributed by atoms with E-state index in [2.05, 4.69) is 4.72 Å². The molecule has 0 fully saturated rings. The highest BCUT2D eigenvalue weighted by Gasteiger charge is 2.18. The van der Waals surface area contributed by atoms with Crippen LogP contribution in [0, 0.1) is 0 Å². The highest BCUT2D eigenvalue weighted by molar-refractivity contribution is 7.89. The number of nitrogens with zero attached hydrogens (tertiary/aromatic N) is 1. The number of amides is 1. The minimum Gasteiger partial charge on any atom is -0.338 e. The maximum atomic E-state index is 12.3. The van der Waals surface area contributed by atoms with E-state index in [-0.39, 0.29) is 35.8 Å². The van der Waals surface area contributed by atoms with Crippen molar-refractivity contribution in [3.05, 3.63) is 52.2 Å². The summed E-state index contributed by atoms with van der Waals surface area (Å²) in [5, 5.41) is 1.89. The second-order valence-corrected chi connectivity index (χ2v) is 8.23. The molecular weight excluding hydrogens is 382 g/mol. The lowest BCUT2D eigenvalue weighted by atomic mass is 10.2. The smallest absolute Gasteiger partial charge is 0.253 e. The molecule has 1 aromatic carbocycles. The largest absolute Gasteiger partial charge is 0.338 e. The summed E-state index contributed by atoms with van der Waals surface area (Å²) in [6, 6.07) is 9.55. The van der Waals surface area contributed by atoms with Crippen LogP contribution in [0.15, 0.2) is 46.7 Å². The molecule has 1 unspecified atom stereocenters. The molecule has 1 atom stereocenters. The predicted molar refractivity (Wildman–Crippen MR) is 103 cm³/mol. The van der Waals surface area contributed by atoms with Gasteiger partial charge in [0.1, 0.15) is 0 Å². The van der Waals surface area contributed by atoms with Crippen LogP contribution in [-0.4, -0.2) is 38.9 Å². The topological polar surface area (TPSA) is 92.5 Å². The molecule has 2 aromatic rings. The van der Waals surface area contributed by atoms with Crippen molar-refractivity contribution in [3.8, 4) is 0 Å². The van der Waals surface area contributed by atoms with E-state index in [4.69, 9.17) is 5.73 Å². The molecule has 9 heteroatoms. The molecular formula is C16H22ClN3O3S2. The summed E-state index contributed by atoms with van der Waals surface area (Å²) in [5.74, 6) is -0.191. The molecule has 0 aliphatic rings. The fourth-order valence-electron chi connectivity index (χ4n) is 2.00. The highest BCUT2D eigenvalue weighted by Crippen LogP contribution is 2.14. The molecule has 0 radical (unpaired) electrons. The first-order valence-electron chi connectivity index (χ1n) is 7.44. The van der Waals surface area contributed by atoms with Crippen molar-refractivity contribution < 1.29 is 13.2 Å². The van der Waals surface area contributed by atoms with Gasteiger partial charge < -0.3 is 10.6 Å². The maximum absolute atomic E-state index is 12.3. The standard InChI is InChI=1S/C16H21N3O3S2.ClH/c1-12(10-17)19(2)16(20)13-5-7-15(8-6-13)24(21,22)18-11-14-4-3-9-23-14;/h3-9,12,18H,10-11,17H2,1-2H3;1H. The van der Waals surface area contributed by atoms with Crippen molar-refractivity contribution in [1.29, 1.82) is 0 Å². The Labute approximate surface area is 158 Å². The fourth-order valence-corrected chi connectivity index (χ4v) is 3.74. The van der Waals surface area contributed by atoms with E-state index in [0.29, 0.717) is 12.1 Å². The fraction of sp³-hybridized carbons (Fsp3) is 0.312. The molecule has 0 saturated carbocycles. The Hall–Kier alpha value is -1.45. The number of carbonyl (C=O) groups is 1. The van der Waals surface area contributed by atoms with Gasteiger partial charge in [0.05, 0.1) is 4.90 Å². The van der Waals surface area contributed by atoms with E-state index >= 15 is 0 Å². The van der Waals surface area contributed by atoms with Crippen molar-refractivity contribution in [2.45, 2.75) is 24.4 Å². The number of hydrogen-bond acceptors (Lipinski definition) is 5. The van der Waals surface area contributed by atoms with Crippen LogP contribution >= 0.6 is 23.7 Å². The van der Waals surface area contributed by atoms with E-state index in [1.54, 1.807) is 11.9 Å². The lowest BCUT2D eigenvalue weighted by Crippen LogP contribution is -2.39. The second kappa shape index (κ2) is 9.30. The predicted octanol–water partition coefficient (Wildman–Crippen LogP) is 2.07. The average Bonchev–Trinajstić information content (AvgIpc) is 3.12. The molecule has 1 aromatic heterocycles. The van der Waals surface area contributed by atoms with Crippen LogP contribution in [0.25, 0.3) is 0 Å². The molecule has 0 bridgehead atoms. The molecule has 2 rings (SSSR count). The summed E-state index contributed by atoms with van der Waals surface area (Å²) in [5.41, 5.74) is 5.99. The first-order chi connectivity index (χ1) is 11.3.